The zero-order valence-corrected chi connectivity index (χ0v) is 18.1. The van der Waals surface area contributed by atoms with E-state index >= 15 is 0 Å². The van der Waals surface area contributed by atoms with Crippen molar-refractivity contribution in [1.29, 1.82) is 0 Å². The molecule has 7 heteroatoms. The molecule has 0 aliphatic carbocycles. The van der Waals surface area contributed by atoms with Crippen LogP contribution in [0.5, 0.6) is 5.75 Å². The summed E-state index contributed by atoms with van der Waals surface area (Å²) in [5.74, 6) is 0.419. The second-order valence-electron chi connectivity index (χ2n) is 6.71. The number of morpholine rings is 1. The smallest absolute Gasteiger partial charge is 0.261 e. The van der Waals surface area contributed by atoms with Gasteiger partial charge in [0.1, 0.15) is 5.75 Å². The van der Waals surface area contributed by atoms with Crippen molar-refractivity contribution in [2.24, 2.45) is 0 Å². The highest BCUT2D eigenvalue weighted by atomic mass is 79.9. The summed E-state index contributed by atoms with van der Waals surface area (Å²) in [4.78, 5) is 14.9. The van der Waals surface area contributed by atoms with E-state index in [1.54, 1.807) is 25.1 Å². The van der Waals surface area contributed by atoms with Gasteiger partial charge in [0, 0.05) is 31.2 Å². The summed E-state index contributed by atoms with van der Waals surface area (Å²) in [5.41, 5.74) is 2.33. The van der Waals surface area contributed by atoms with Crippen LogP contribution in [0.15, 0.2) is 46.9 Å². The van der Waals surface area contributed by atoms with Gasteiger partial charge in [-0.25, -0.2) is 0 Å². The standard InChI is InChI=1S/C21H24BrClN2O3/c1-15(28-20-7-6-18(23)12-19(20)22)21(26)24-13-16-4-2-3-5-17(16)14-25-8-10-27-11-9-25/h2-7,12,15H,8-11,13-14H2,1H3,(H,24,26). The quantitative estimate of drug-likeness (QED) is 0.668. The summed E-state index contributed by atoms with van der Waals surface area (Å²) in [6.07, 6.45) is -0.621. The molecule has 1 saturated heterocycles. The molecule has 0 saturated carbocycles. The molecule has 1 unspecified atom stereocenters. The molecule has 3 rings (SSSR count). The van der Waals surface area contributed by atoms with E-state index in [1.807, 2.05) is 12.1 Å². The molecule has 2 aromatic carbocycles. The first kappa shape index (κ1) is 21.1. The van der Waals surface area contributed by atoms with Crippen LogP contribution in [0.3, 0.4) is 0 Å². The molecule has 0 radical (unpaired) electrons. The molecule has 28 heavy (non-hydrogen) atoms. The normalized spacial score (nSPS) is 15.8. The average Bonchev–Trinajstić information content (AvgIpc) is 2.70. The molecule has 5 nitrogen and oxygen atoms in total. The van der Waals surface area contributed by atoms with Crippen molar-refractivity contribution in [3.05, 3.63) is 63.1 Å². The minimum absolute atomic E-state index is 0.164. The Labute approximate surface area is 179 Å². The molecular weight excluding hydrogens is 444 g/mol. The van der Waals surface area contributed by atoms with Gasteiger partial charge in [-0.15, -0.1) is 0 Å². The molecule has 150 valence electrons. The van der Waals surface area contributed by atoms with Crippen molar-refractivity contribution in [2.45, 2.75) is 26.1 Å². The molecule has 0 bridgehead atoms. The molecule has 0 aromatic heterocycles. The lowest BCUT2D eigenvalue weighted by Crippen LogP contribution is -2.37. The van der Waals surface area contributed by atoms with Crippen LogP contribution < -0.4 is 10.1 Å². The molecule has 2 aromatic rings. The van der Waals surface area contributed by atoms with Crippen molar-refractivity contribution >= 4 is 33.4 Å². The van der Waals surface area contributed by atoms with Crippen molar-refractivity contribution in [3.63, 3.8) is 0 Å². The van der Waals surface area contributed by atoms with Gasteiger partial charge in [-0.2, -0.15) is 0 Å². The van der Waals surface area contributed by atoms with Crippen molar-refractivity contribution < 1.29 is 14.3 Å². The van der Waals surface area contributed by atoms with Crippen LogP contribution in [0.2, 0.25) is 5.02 Å². The third-order valence-electron chi connectivity index (χ3n) is 4.64. The molecule has 1 aliphatic heterocycles. The number of amides is 1. The van der Waals surface area contributed by atoms with Gasteiger partial charge < -0.3 is 14.8 Å². The Hall–Kier alpha value is -1.60. The SMILES string of the molecule is CC(Oc1ccc(Cl)cc1Br)C(=O)NCc1ccccc1CN1CCOCC1. The molecule has 0 spiro atoms. The summed E-state index contributed by atoms with van der Waals surface area (Å²) in [7, 11) is 0. The van der Waals surface area contributed by atoms with Gasteiger partial charge in [-0.1, -0.05) is 35.9 Å². The number of ether oxygens (including phenoxy) is 2. The van der Waals surface area contributed by atoms with Crippen LogP contribution in [0.4, 0.5) is 0 Å². The zero-order valence-electron chi connectivity index (χ0n) is 15.8. The summed E-state index contributed by atoms with van der Waals surface area (Å²) in [6.45, 7) is 6.47. The van der Waals surface area contributed by atoms with Gasteiger partial charge in [0.2, 0.25) is 0 Å². The lowest BCUT2D eigenvalue weighted by atomic mass is 10.1. The number of hydrogen-bond acceptors (Lipinski definition) is 4. The number of hydrogen-bond donors (Lipinski definition) is 1. The highest BCUT2D eigenvalue weighted by molar-refractivity contribution is 9.10. The summed E-state index contributed by atoms with van der Waals surface area (Å²) in [6, 6.07) is 13.4. The molecule has 1 atom stereocenters. The van der Waals surface area contributed by atoms with E-state index in [1.165, 1.54) is 5.56 Å². The highest BCUT2D eigenvalue weighted by Gasteiger charge is 2.17. The molecule has 1 amide bonds. The Kier molecular flexibility index (Phi) is 7.73. The maximum absolute atomic E-state index is 12.5. The topological polar surface area (TPSA) is 50.8 Å². The predicted octanol–water partition coefficient (Wildman–Crippen LogP) is 4.02. The summed E-state index contributed by atoms with van der Waals surface area (Å²) < 4.78 is 11.9. The Morgan fingerprint density at radius 1 is 1.25 bits per heavy atom. The fraction of sp³-hybridized carbons (Fsp3) is 0.381. The van der Waals surface area contributed by atoms with Crippen LogP contribution in [-0.2, 0) is 22.6 Å². The van der Waals surface area contributed by atoms with Crippen LogP contribution in [0.1, 0.15) is 18.1 Å². The molecule has 1 fully saturated rings. The highest BCUT2D eigenvalue weighted by Crippen LogP contribution is 2.28. The van der Waals surface area contributed by atoms with E-state index in [0.29, 0.717) is 17.3 Å². The van der Waals surface area contributed by atoms with Crippen molar-refractivity contribution in [3.8, 4) is 5.75 Å². The molecule has 1 heterocycles. The monoisotopic (exact) mass is 466 g/mol. The van der Waals surface area contributed by atoms with E-state index in [2.05, 4.69) is 38.3 Å². The molecular formula is C21H24BrClN2O3. The fourth-order valence-corrected chi connectivity index (χ4v) is 3.80. The zero-order chi connectivity index (χ0) is 19.9. The van der Waals surface area contributed by atoms with E-state index in [9.17, 15) is 4.79 Å². The minimum Gasteiger partial charge on any atom is -0.480 e. The number of carbonyl (C=O) groups is 1. The Bertz CT molecular complexity index is 812. The van der Waals surface area contributed by atoms with Crippen molar-refractivity contribution in [1.82, 2.24) is 10.2 Å². The second-order valence-corrected chi connectivity index (χ2v) is 8.00. The number of carbonyl (C=O) groups excluding carboxylic acids is 1. The average molecular weight is 468 g/mol. The number of nitrogens with zero attached hydrogens (tertiary/aromatic N) is 1. The van der Waals surface area contributed by atoms with Crippen LogP contribution in [0, 0.1) is 0 Å². The number of halogens is 2. The maximum Gasteiger partial charge on any atom is 0.261 e. The van der Waals surface area contributed by atoms with Gasteiger partial charge in [0.25, 0.3) is 5.91 Å². The largest absolute Gasteiger partial charge is 0.480 e. The van der Waals surface area contributed by atoms with Gasteiger partial charge >= 0.3 is 0 Å². The Morgan fingerprint density at radius 2 is 1.96 bits per heavy atom. The lowest BCUT2D eigenvalue weighted by Gasteiger charge is -2.27. The van der Waals surface area contributed by atoms with E-state index in [0.717, 1.165) is 42.9 Å². The van der Waals surface area contributed by atoms with E-state index < -0.39 is 6.10 Å². The van der Waals surface area contributed by atoms with E-state index in [-0.39, 0.29) is 5.91 Å². The minimum atomic E-state index is -0.621. The summed E-state index contributed by atoms with van der Waals surface area (Å²) in [5, 5.41) is 3.58. The maximum atomic E-state index is 12.5. The third-order valence-corrected chi connectivity index (χ3v) is 5.49. The number of nitrogens with one attached hydrogen (secondary N) is 1. The number of rotatable bonds is 7. The van der Waals surface area contributed by atoms with E-state index in [4.69, 9.17) is 21.1 Å². The van der Waals surface area contributed by atoms with Gasteiger partial charge in [0.15, 0.2) is 6.10 Å². The Morgan fingerprint density at radius 3 is 2.68 bits per heavy atom. The van der Waals surface area contributed by atoms with Crippen molar-refractivity contribution in [2.75, 3.05) is 26.3 Å². The predicted molar refractivity (Wildman–Crippen MR) is 114 cm³/mol. The first-order chi connectivity index (χ1) is 13.5. The van der Waals surface area contributed by atoms with Gasteiger partial charge in [0.05, 0.1) is 17.7 Å². The number of benzene rings is 2. The van der Waals surface area contributed by atoms with Crippen LogP contribution >= 0.6 is 27.5 Å². The van der Waals surface area contributed by atoms with Gasteiger partial charge in [-0.05, 0) is 52.2 Å². The molecule has 1 N–H and O–H groups in total. The Balaban J connectivity index is 1.56. The second kappa shape index (κ2) is 10.3. The fourth-order valence-electron chi connectivity index (χ4n) is 3.03. The van der Waals surface area contributed by atoms with Crippen LogP contribution in [-0.4, -0.2) is 43.2 Å². The lowest BCUT2D eigenvalue weighted by molar-refractivity contribution is -0.127. The van der Waals surface area contributed by atoms with Gasteiger partial charge in [-0.3, -0.25) is 9.69 Å². The van der Waals surface area contributed by atoms with Crippen LogP contribution in [0.25, 0.3) is 0 Å². The first-order valence-electron chi connectivity index (χ1n) is 9.29. The third kappa shape index (κ3) is 5.95. The summed E-state index contributed by atoms with van der Waals surface area (Å²) >= 11 is 9.35. The first-order valence-corrected chi connectivity index (χ1v) is 10.5. The molecule has 1 aliphatic rings.